The molecule has 0 aliphatic carbocycles. The van der Waals surface area contributed by atoms with E-state index in [0.717, 1.165) is 16.6 Å². The summed E-state index contributed by atoms with van der Waals surface area (Å²) < 4.78 is 19.1. The van der Waals surface area contributed by atoms with Crippen molar-refractivity contribution >= 4 is 21.8 Å². The zero-order valence-electron chi connectivity index (χ0n) is 9.83. The minimum atomic E-state index is -0.335. The summed E-state index contributed by atoms with van der Waals surface area (Å²) in [6.45, 7) is 2.63. The summed E-state index contributed by atoms with van der Waals surface area (Å²) in [7, 11) is 0. The van der Waals surface area contributed by atoms with Crippen LogP contribution in [-0.2, 0) is 11.3 Å². The number of nitrogens with two attached hydrogens (primary N) is 1. The van der Waals surface area contributed by atoms with Gasteiger partial charge in [0.2, 0.25) is 0 Å². The Labute approximate surface area is 114 Å². The molecule has 0 bridgehead atoms. The maximum atomic E-state index is 13.0. The number of benzene rings is 1. The Hall–Kier alpha value is -0.980. The van der Waals surface area contributed by atoms with Crippen LogP contribution in [0.15, 0.2) is 22.7 Å². The molecule has 0 radical (unpaired) electrons. The Balaban J connectivity index is 2.02. The van der Waals surface area contributed by atoms with Crippen molar-refractivity contribution in [3.8, 4) is 0 Å². The Morgan fingerprint density at radius 1 is 1.61 bits per heavy atom. The molecule has 1 aliphatic heterocycles. The largest absolute Gasteiger partial charge is 0.385 e. The molecule has 98 valence electrons. The Bertz CT molecular complexity index is 455. The highest BCUT2D eigenvalue weighted by molar-refractivity contribution is 9.10. The minimum absolute atomic E-state index is 0.0536. The fourth-order valence-electron chi connectivity index (χ4n) is 1.93. The highest BCUT2D eigenvalue weighted by Crippen LogP contribution is 2.20. The van der Waals surface area contributed by atoms with Gasteiger partial charge in [0.15, 0.2) is 0 Å². The van der Waals surface area contributed by atoms with Crippen LogP contribution in [-0.4, -0.2) is 36.5 Å². The van der Waals surface area contributed by atoms with Gasteiger partial charge in [-0.15, -0.1) is 0 Å². The third-order valence-corrected chi connectivity index (χ3v) is 3.64. The molecule has 0 aromatic heterocycles. The average molecular weight is 316 g/mol. The van der Waals surface area contributed by atoms with Crippen molar-refractivity contribution in [3.63, 3.8) is 0 Å². The average Bonchev–Trinajstić information content (AvgIpc) is 2.33. The van der Waals surface area contributed by atoms with Gasteiger partial charge in [-0.05, 0) is 17.7 Å². The zero-order valence-corrected chi connectivity index (χ0v) is 11.4. The van der Waals surface area contributed by atoms with E-state index in [4.69, 9.17) is 15.9 Å². The monoisotopic (exact) mass is 315 g/mol. The molecule has 1 fully saturated rings. The predicted molar refractivity (Wildman–Crippen MR) is 71.0 cm³/mol. The molecule has 4 nitrogen and oxygen atoms in total. The second-order valence-electron chi connectivity index (χ2n) is 4.29. The summed E-state index contributed by atoms with van der Waals surface area (Å²) in [6, 6.07) is 4.67. The first-order chi connectivity index (χ1) is 8.56. The number of hydrogen-bond donors (Lipinski definition) is 2. The van der Waals surface area contributed by atoms with Crippen molar-refractivity contribution < 1.29 is 9.13 Å². The standard InChI is InChI=1S/C12H15BrFN3O/c13-10-5-9(14)2-1-8(10)6-17-3-4-18-11(7-17)12(15)16/h1-2,5,11H,3-4,6-7H2,(H3,15,16). The number of rotatable bonds is 3. The topological polar surface area (TPSA) is 62.3 Å². The molecule has 2 rings (SSSR count). The maximum absolute atomic E-state index is 13.0. The minimum Gasteiger partial charge on any atom is -0.385 e. The fraction of sp³-hybridized carbons (Fsp3) is 0.417. The van der Waals surface area contributed by atoms with Crippen LogP contribution in [0.25, 0.3) is 0 Å². The van der Waals surface area contributed by atoms with Crippen LogP contribution in [0.2, 0.25) is 0 Å². The predicted octanol–water partition coefficient (Wildman–Crippen LogP) is 1.72. The number of hydrogen-bond acceptors (Lipinski definition) is 3. The maximum Gasteiger partial charge on any atom is 0.127 e. The molecule has 1 unspecified atom stereocenters. The Kier molecular flexibility index (Phi) is 4.31. The molecule has 18 heavy (non-hydrogen) atoms. The van der Waals surface area contributed by atoms with Gasteiger partial charge < -0.3 is 10.5 Å². The van der Waals surface area contributed by atoms with Gasteiger partial charge >= 0.3 is 0 Å². The molecule has 1 aliphatic rings. The summed E-state index contributed by atoms with van der Waals surface area (Å²) in [5, 5.41) is 7.40. The van der Waals surface area contributed by atoms with Crippen LogP contribution in [0.3, 0.4) is 0 Å². The first-order valence-electron chi connectivity index (χ1n) is 5.68. The second kappa shape index (κ2) is 5.77. The van der Waals surface area contributed by atoms with Crippen LogP contribution in [0.5, 0.6) is 0 Å². The van der Waals surface area contributed by atoms with E-state index in [0.29, 0.717) is 19.7 Å². The van der Waals surface area contributed by atoms with Crippen LogP contribution in [0, 0.1) is 11.2 Å². The van der Waals surface area contributed by atoms with Crippen molar-refractivity contribution in [3.05, 3.63) is 34.1 Å². The first-order valence-corrected chi connectivity index (χ1v) is 6.47. The summed E-state index contributed by atoms with van der Waals surface area (Å²) in [5.74, 6) is -0.202. The summed E-state index contributed by atoms with van der Waals surface area (Å²) in [4.78, 5) is 2.15. The zero-order chi connectivity index (χ0) is 13.1. The van der Waals surface area contributed by atoms with Gasteiger partial charge in [0, 0.05) is 24.1 Å². The summed E-state index contributed by atoms with van der Waals surface area (Å²) in [6.07, 6.45) is -0.335. The fourth-order valence-corrected chi connectivity index (χ4v) is 2.40. The van der Waals surface area contributed by atoms with Gasteiger partial charge in [-0.3, -0.25) is 10.3 Å². The van der Waals surface area contributed by atoms with Crippen LogP contribution < -0.4 is 5.73 Å². The molecular weight excluding hydrogens is 301 g/mol. The lowest BCUT2D eigenvalue weighted by Gasteiger charge is -2.32. The molecule has 1 saturated heterocycles. The third-order valence-electron chi connectivity index (χ3n) is 2.91. The Morgan fingerprint density at radius 3 is 3.06 bits per heavy atom. The van der Waals surface area contributed by atoms with Crippen LogP contribution in [0.4, 0.5) is 4.39 Å². The molecular formula is C12H15BrFN3O. The Morgan fingerprint density at radius 2 is 2.39 bits per heavy atom. The van der Waals surface area contributed by atoms with Crippen molar-refractivity contribution in [1.29, 1.82) is 5.41 Å². The van der Waals surface area contributed by atoms with Crippen molar-refractivity contribution in [2.75, 3.05) is 19.7 Å². The number of nitrogens with one attached hydrogen (secondary N) is 1. The molecule has 3 N–H and O–H groups in total. The molecule has 6 heteroatoms. The number of nitrogens with zero attached hydrogens (tertiary/aromatic N) is 1. The van der Waals surface area contributed by atoms with E-state index in [1.807, 2.05) is 0 Å². The highest BCUT2D eigenvalue weighted by Gasteiger charge is 2.23. The highest BCUT2D eigenvalue weighted by atomic mass is 79.9. The van der Waals surface area contributed by atoms with Crippen molar-refractivity contribution in [1.82, 2.24) is 4.90 Å². The van der Waals surface area contributed by atoms with Gasteiger partial charge in [-0.2, -0.15) is 0 Å². The first kappa shape index (κ1) is 13.5. The molecule has 0 amide bonds. The van der Waals surface area contributed by atoms with Gasteiger partial charge in [0.05, 0.1) is 6.61 Å². The van der Waals surface area contributed by atoms with E-state index in [9.17, 15) is 4.39 Å². The third kappa shape index (κ3) is 3.28. The van der Waals surface area contributed by atoms with E-state index in [2.05, 4.69) is 20.8 Å². The van der Waals surface area contributed by atoms with E-state index >= 15 is 0 Å². The molecule has 0 saturated carbocycles. The summed E-state index contributed by atoms with van der Waals surface area (Å²) in [5.41, 5.74) is 6.46. The molecule has 1 aromatic rings. The second-order valence-corrected chi connectivity index (χ2v) is 5.14. The van der Waals surface area contributed by atoms with E-state index in [1.54, 1.807) is 6.07 Å². The molecule has 1 atom stereocenters. The lowest BCUT2D eigenvalue weighted by atomic mass is 10.2. The van der Waals surface area contributed by atoms with E-state index in [-0.39, 0.29) is 17.8 Å². The SMILES string of the molecule is N=C(N)C1CN(Cc2ccc(F)cc2Br)CCO1. The van der Waals surface area contributed by atoms with Crippen LogP contribution in [0.1, 0.15) is 5.56 Å². The number of amidine groups is 1. The lowest BCUT2D eigenvalue weighted by molar-refractivity contribution is 0.00228. The van der Waals surface area contributed by atoms with Crippen molar-refractivity contribution in [2.24, 2.45) is 5.73 Å². The molecule has 1 aromatic carbocycles. The van der Waals surface area contributed by atoms with Gasteiger partial charge in [-0.1, -0.05) is 22.0 Å². The number of halogens is 2. The lowest BCUT2D eigenvalue weighted by Crippen LogP contribution is -2.47. The molecule has 1 heterocycles. The number of morpholine rings is 1. The normalized spacial score (nSPS) is 20.9. The van der Waals surface area contributed by atoms with E-state index < -0.39 is 0 Å². The van der Waals surface area contributed by atoms with Crippen molar-refractivity contribution in [2.45, 2.75) is 12.6 Å². The number of ether oxygens (including phenoxy) is 1. The van der Waals surface area contributed by atoms with Gasteiger partial charge in [-0.25, -0.2) is 4.39 Å². The quantitative estimate of drug-likeness (QED) is 0.659. The smallest absolute Gasteiger partial charge is 0.127 e. The van der Waals surface area contributed by atoms with Gasteiger partial charge in [0.25, 0.3) is 0 Å². The summed E-state index contributed by atoms with van der Waals surface area (Å²) >= 11 is 3.35. The van der Waals surface area contributed by atoms with E-state index in [1.165, 1.54) is 12.1 Å². The molecule has 0 spiro atoms. The van der Waals surface area contributed by atoms with Crippen LogP contribution >= 0.6 is 15.9 Å². The van der Waals surface area contributed by atoms with Gasteiger partial charge in [0.1, 0.15) is 17.8 Å².